The van der Waals surface area contributed by atoms with Gasteiger partial charge in [-0.1, -0.05) is 29.5 Å². The number of hydrogen-bond acceptors (Lipinski definition) is 7. The van der Waals surface area contributed by atoms with Crippen molar-refractivity contribution in [1.29, 1.82) is 0 Å². The van der Waals surface area contributed by atoms with Crippen LogP contribution in [0.15, 0.2) is 65.8 Å². The van der Waals surface area contributed by atoms with Crippen molar-refractivity contribution in [2.45, 2.75) is 12.7 Å². The molecule has 1 aliphatic rings. The van der Waals surface area contributed by atoms with Gasteiger partial charge in [-0.25, -0.2) is 9.67 Å². The van der Waals surface area contributed by atoms with Crippen molar-refractivity contribution in [3.05, 3.63) is 71.9 Å². The first-order valence-corrected chi connectivity index (χ1v) is 13.2. The summed E-state index contributed by atoms with van der Waals surface area (Å²) in [6.07, 6.45) is 2.40. The number of anilines is 2. The van der Waals surface area contributed by atoms with Crippen molar-refractivity contribution in [3.8, 4) is 0 Å². The van der Waals surface area contributed by atoms with E-state index in [4.69, 9.17) is 4.99 Å². The number of nitrogens with zero attached hydrogens (tertiary/aromatic N) is 5. The molecule has 9 heteroatoms. The van der Waals surface area contributed by atoms with Crippen LogP contribution in [0.25, 0.3) is 10.9 Å². The van der Waals surface area contributed by atoms with Crippen LogP contribution in [0.1, 0.15) is 11.1 Å². The SMILES string of the molecule is CP(C)(=O)Cc1ccc(NC2=Nc3c(nnn3Cc3ccc4ncccc4c3)NC2)cc1. The van der Waals surface area contributed by atoms with E-state index in [1.54, 1.807) is 10.9 Å². The van der Waals surface area contributed by atoms with E-state index in [-0.39, 0.29) is 0 Å². The van der Waals surface area contributed by atoms with Crippen LogP contribution >= 0.6 is 7.14 Å². The molecule has 0 unspecified atom stereocenters. The van der Waals surface area contributed by atoms with Crippen LogP contribution in [-0.2, 0) is 17.3 Å². The van der Waals surface area contributed by atoms with E-state index in [1.165, 1.54) is 0 Å². The summed E-state index contributed by atoms with van der Waals surface area (Å²) >= 11 is 0. The maximum absolute atomic E-state index is 12.0. The third-order valence-electron chi connectivity index (χ3n) is 5.18. The summed E-state index contributed by atoms with van der Waals surface area (Å²) < 4.78 is 13.8. The first kappa shape index (κ1) is 20.4. The summed E-state index contributed by atoms with van der Waals surface area (Å²) in [5.41, 5.74) is 4.08. The topological polar surface area (TPSA) is 97.1 Å². The van der Waals surface area contributed by atoms with Gasteiger partial charge in [-0.3, -0.25) is 4.98 Å². The lowest BCUT2D eigenvalue weighted by molar-refractivity contribution is 0.582. The lowest BCUT2D eigenvalue weighted by atomic mass is 10.1. The molecule has 0 saturated heterocycles. The van der Waals surface area contributed by atoms with E-state index >= 15 is 0 Å². The predicted octanol–water partition coefficient (Wildman–Crippen LogP) is 4.56. The molecule has 5 rings (SSSR count). The van der Waals surface area contributed by atoms with Crippen LogP contribution < -0.4 is 10.6 Å². The zero-order chi connectivity index (χ0) is 22.1. The third kappa shape index (κ3) is 4.55. The highest BCUT2D eigenvalue weighted by Gasteiger charge is 2.19. The molecule has 2 N–H and O–H groups in total. The van der Waals surface area contributed by atoms with Crippen LogP contribution in [0.2, 0.25) is 0 Å². The number of benzene rings is 2. The fourth-order valence-corrected chi connectivity index (χ4v) is 4.83. The Morgan fingerprint density at radius 2 is 1.91 bits per heavy atom. The summed E-state index contributed by atoms with van der Waals surface area (Å²) in [4.78, 5) is 9.14. The van der Waals surface area contributed by atoms with Crippen LogP contribution in [0.5, 0.6) is 0 Å². The van der Waals surface area contributed by atoms with Gasteiger partial charge in [0.25, 0.3) is 0 Å². The van der Waals surface area contributed by atoms with Gasteiger partial charge in [0.1, 0.15) is 5.84 Å². The third-order valence-corrected chi connectivity index (χ3v) is 6.31. The highest BCUT2D eigenvalue weighted by Crippen LogP contribution is 2.40. The van der Waals surface area contributed by atoms with Gasteiger partial charge in [0.2, 0.25) is 0 Å². The van der Waals surface area contributed by atoms with E-state index < -0.39 is 7.14 Å². The van der Waals surface area contributed by atoms with E-state index in [1.807, 2.05) is 49.7 Å². The number of amidine groups is 1. The Balaban J connectivity index is 1.34. The van der Waals surface area contributed by atoms with Gasteiger partial charge < -0.3 is 15.2 Å². The maximum Gasteiger partial charge on any atom is 0.197 e. The Labute approximate surface area is 186 Å². The molecule has 4 aromatic rings. The molecule has 32 heavy (non-hydrogen) atoms. The number of aromatic nitrogens is 4. The standard InChI is InChI=1S/C23H24N7OP/c1-32(2,31)15-16-5-8-19(9-6-16)26-21-13-25-22-23(27-21)30(29-28-22)14-17-7-10-20-18(12-17)4-3-11-24-20/h3-12,25H,13-15H2,1-2H3,(H,26,27). The molecule has 2 aromatic carbocycles. The highest BCUT2D eigenvalue weighted by atomic mass is 31.2. The molecule has 0 fully saturated rings. The second kappa shape index (κ2) is 8.20. The van der Waals surface area contributed by atoms with Crippen LogP contribution in [-0.4, -0.2) is 45.7 Å². The summed E-state index contributed by atoms with van der Waals surface area (Å²) in [7, 11) is -2.09. The number of aliphatic imine (C=N–C) groups is 1. The molecule has 8 nitrogen and oxygen atoms in total. The van der Waals surface area contributed by atoms with Crippen molar-refractivity contribution >= 4 is 41.2 Å². The Bertz CT molecular complexity index is 1350. The Morgan fingerprint density at radius 1 is 1.09 bits per heavy atom. The van der Waals surface area contributed by atoms with Gasteiger partial charge >= 0.3 is 0 Å². The Kier molecular flexibility index (Phi) is 5.23. The number of fused-ring (bicyclic) bond motifs is 2. The fraction of sp³-hybridized carbons (Fsp3) is 0.217. The summed E-state index contributed by atoms with van der Waals surface area (Å²) in [5.74, 6) is 2.16. The van der Waals surface area contributed by atoms with Crippen molar-refractivity contribution in [3.63, 3.8) is 0 Å². The molecule has 3 heterocycles. The fourth-order valence-electron chi connectivity index (χ4n) is 3.74. The molecule has 0 spiro atoms. The van der Waals surface area contributed by atoms with E-state index in [0.717, 1.165) is 33.6 Å². The average Bonchev–Trinajstić information content (AvgIpc) is 3.16. The minimum atomic E-state index is -2.09. The quantitative estimate of drug-likeness (QED) is 0.437. The molecule has 0 amide bonds. The van der Waals surface area contributed by atoms with Crippen LogP contribution in [0, 0.1) is 0 Å². The zero-order valence-corrected chi connectivity index (χ0v) is 18.9. The lowest BCUT2D eigenvalue weighted by Crippen LogP contribution is -2.25. The molecule has 0 atom stereocenters. The van der Waals surface area contributed by atoms with Gasteiger partial charge in [0, 0.05) is 23.4 Å². The van der Waals surface area contributed by atoms with E-state index in [0.29, 0.717) is 30.9 Å². The van der Waals surface area contributed by atoms with Crippen molar-refractivity contribution in [1.82, 2.24) is 20.0 Å². The summed E-state index contributed by atoms with van der Waals surface area (Å²) in [6, 6.07) is 18.2. The lowest BCUT2D eigenvalue weighted by Gasteiger charge is -2.16. The number of rotatable bonds is 5. The minimum Gasteiger partial charge on any atom is -0.358 e. The smallest absolute Gasteiger partial charge is 0.197 e. The van der Waals surface area contributed by atoms with Gasteiger partial charge in [-0.05, 0) is 54.8 Å². The van der Waals surface area contributed by atoms with E-state index in [2.05, 4.69) is 44.1 Å². The molecule has 0 radical (unpaired) electrons. The second-order valence-electron chi connectivity index (χ2n) is 8.42. The van der Waals surface area contributed by atoms with Gasteiger partial charge in [0.15, 0.2) is 11.6 Å². The molecule has 0 aliphatic carbocycles. The summed E-state index contributed by atoms with van der Waals surface area (Å²) in [5, 5.41) is 16.2. The summed E-state index contributed by atoms with van der Waals surface area (Å²) in [6.45, 7) is 4.72. The first-order valence-electron chi connectivity index (χ1n) is 10.4. The zero-order valence-electron chi connectivity index (χ0n) is 18.0. The van der Waals surface area contributed by atoms with Crippen molar-refractivity contribution in [2.24, 2.45) is 4.99 Å². The van der Waals surface area contributed by atoms with Crippen LogP contribution in [0.3, 0.4) is 0 Å². The molecule has 2 aromatic heterocycles. The number of hydrogen-bond donors (Lipinski definition) is 2. The molecule has 0 saturated carbocycles. The predicted molar refractivity (Wildman–Crippen MR) is 130 cm³/mol. The van der Waals surface area contributed by atoms with Crippen LogP contribution in [0.4, 0.5) is 17.3 Å². The largest absolute Gasteiger partial charge is 0.358 e. The second-order valence-corrected chi connectivity index (χ2v) is 11.9. The molecular weight excluding hydrogens is 421 g/mol. The van der Waals surface area contributed by atoms with Gasteiger partial charge in [0.05, 0.1) is 25.7 Å². The molecular formula is C23H24N7OP. The average molecular weight is 445 g/mol. The molecule has 1 aliphatic heterocycles. The Hall–Kier alpha value is -3.51. The van der Waals surface area contributed by atoms with Crippen molar-refractivity contribution < 1.29 is 4.57 Å². The Morgan fingerprint density at radius 3 is 2.72 bits per heavy atom. The number of pyridine rings is 1. The van der Waals surface area contributed by atoms with Gasteiger partial charge in [-0.15, -0.1) is 5.10 Å². The van der Waals surface area contributed by atoms with Crippen molar-refractivity contribution in [2.75, 3.05) is 30.5 Å². The first-order chi connectivity index (χ1) is 15.4. The molecule has 0 bridgehead atoms. The minimum absolute atomic E-state index is 0.536. The van der Waals surface area contributed by atoms with E-state index in [9.17, 15) is 4.57 Å². The number of nitrogens with one attached hydrogen (secondary N) is 2. The molecule has 162 valence electrons. The van der Waals surface area contributed by atoms with Gasteiger partial charge in [-0.2, -0.15) is 0 Å². The normalized spacial score (nSPS) is 13.4. The maximum atomic E-state index is 12.0. The monoisotopic (exact) mass is 445 g/mol. The highest BCUT2D eigenvalue weighted by molar-refractivity contribution is 7.61.